The van der Waals surface area contributed by atoms with Crippen LogP contribution in [0.5, 0.6) is 17.4 Å². The number of pyridine rings is 1. The number of hydrogen-bond acceptors (Lipinski definition) is 9. The minimum Gasteiger partial charge on any atom is -0.507 e. The van der Waals surface area contributed by atoms with E-state index in [-0.39, 0.29) is 23.6 Å². The van der Waals surface area contributed by atoms with Crippen LogP contribution in [0.25, 0.3) is 22.5 Å². The fourth-order valence-corrected chi connectivity index (χ4v) is 6.72. The van der Waals surface area contributed by atoms with Crippen LogP contribution in [-0.4, -0.2) is 55.2 Å². The van der Waals surface area contributed by atoms with E-state index in [1.165, 1.54) is 32.1 Å². The topological polar surface area (TPSA) is 106 Å². The van der Waals surface area contributed by atoms with E-state index in [1.807, 2.05) is 24.4 Å². The highest BCUT2D eigenvalue weighted by Gasteiger charge is 2.49. The van der Waals surface area contributed by atoms with Crippen molar-refractivity contribution in [2.75, 3.05) is 11.7 Å². The Labute approximate surface area is 216 Å². The van der Waals surface area contributed by atoms with Gasteiger partial charge < -0.3 is 24.8 Å². The largest absolute Gasteiger partial charge is 0.507 e. The molecule has 0 radical (unpaired) electrons. The second kappa shape index (κ2) is 8.28. The third-order valence-electron chi connectivity index (χ3n) is 8.38. The standard InChI is InChI=1S/C28H32N6O3/c1-27-8-3-9-28(2,33-27)13-20(12-27)34(19-5-6-19)24-15-29-25(32-31-24)21-7-4-17(10-22(21)35)18-11-23-26(30-14-18)37-16-36-23/h4,7,10-11,14-15,19-20,33,35H,3,5-6,8-9,12-13,16H2,1-2H3/t20-,27-,28+. The van der Waals surface area contributed by atoms with Crippen LogP contribution in [0.4, 0.5) is 5.82 Å². The molecular weight excluding hydrogens is 468 g/mol. The molecule has 3 fully saturated rings. The van der Waals surface area contributed by atoms with Crippen molar-refractivity contribution in [2.24, 2.45) is 0 Å². The van der Waals surface area contributed by atoms with Gasteiger partial charge in [0.15, 0.2) is 17.4 Å². The highest BCUT2D eigenvalue weighted by atomic mass is 16.7. The van der Waals surface area contributed by atoms with Crippen LogP contribution < -0.4 is 19.7 Å². The van der Waals surface area contributed by atoms with Crippen LogP contribution in [0.2, 0.25) is 0 Å². The molecule has 5 heterocycles. The average Bonchev–Trinajstić information content (AvgIpc) is 3.58. The summed E-state index contributed by atoms with van der Waals surface area (Å²) in [4.78, 5) is 11.4. The fourth-order valence-electron chi connectivity index (χ4n) is 6.72. The molecule has 3 atom stereocenters. The van der Waals surface area contributed by atoms with Crippen molar-refractivity contribution in [1.82, 2.24) is 25.5 Å². The number of fused-ring (bicyclic) bond motifs is 3. The molecule has 7 rings (SSSR count). The van der Waals surface area contributed by atoms with Crippen molar-refractivity contribution < 1.29 is 14.6 Å². The van der Waals surface area contributed by atoms with Crippen LogP contribution >= 0.6 is 0 Å². The van der Waals surface area contributed by atoms with Gasteiger partial charge in [-0.2, -0.15) is 0 Å². The van der Waals surface area contributed by atoms with Gasteiger partial charge in [0.2, 0.25) is 6.79 Å². The van der Waals surface area contributed by atoms with E-state index in [4.69, 9.17) is 9.47 Å². The lowest BCUT2D eigenvalue weighted by Crippen LogP contribution is -2.67. The normalized spacial score (nSPS) is 28.2. The number of aromatic hydroxyl groups is 1. The van der Waals surface area contributed by atoms with Crippen LogP contribution in [0, 0.1) is 0 Å². The van der Waals surface area contributed by atoms with Gasteiger partial charge in [0.25, 0.3) is 5.88 Å². The van der Waals surface area contributed by atoms with E-state index < -0.39 is 0 Å². The van der Waals surface area contributed by atoms with Crippen LogP contribution in [0.1, 0.15) is 58.8 Å². The molecule has 2 N–H and O–H groups in total. The van der Waals surface area contributed by atoms with Gasteiger partial charge in [-0.3, -0.25) is 0 Å². The molecule has 9 nitrogen and oxygen atoms in total. The van der Waals surface area contributed by atoms with Gasteiger partial charge in [-0.15, -0.1) is 10.2 Å². The number of aromatic nitrogens is 4. The molecule has 192 valence electrons. The van der Waals surface area contributed by atoms with Crippen LogP contribution in [0.15, 0.2) is 36.7 Å². The maximum absolute atomic E-state index is 10.8. The Morgan fingerprint density at radius 2 is 1.76 bits per heavy atom. The van der Waals surface area contributed by atoms with Crippen molar-refractivity contribution in [2.45, 2.75) is 82.0 Å². The number of phenols is 1. The van der Waals surface area contributed by atoms with Gasteiger partial charge in [0.1, 0.15) is 5.75 Å². The number of rotatable bonds is 5. The SMILES string of the molecule is C[C@]12CCC[C@](C)(C[C@@H](N(c3cnc(-c4ccc(-c5cnc6c(c5)OCO6)cc4O)nn3)C3CC3)C1)N2. The average molecular weight is 501 g/mol. The molecule has 0 unspecified atom stereocenters. The lowest BCUT2D eigenvalue weighted by atomic mass is 9.69. The molecule has 1 aliphatic carbocycles. The molecule has 3 aliphatic heterocycles. The van der Waals surface area contributed by atoms with Crippen molar-refractivity contribution in [1.29, 1.82) is 0 Å². The van der Waals surface area contributed by atoms with Gasteiger partial charge in [0, 0.05) is 34.9 Å². The van der Waals surface area contributed by atoms with Gasteiger partial charge in [-0.05, 0) is 82.6 Å². The van der Waals surface area contributed by atoms with Gasteiger partial charge in [-0.1, -0.05) is 6.07 Å². The quantitative estimate of drug-likeness (QED) is 0.525. The van der Waals surface area contributed by atoms with Crippen molar-refractivity contribution >= 4 is 5.82 Å². The summed E-state index contributed by atoms with van der Waals surface area (Å²) in [5.74, 6) is 2.43. The Balaban J connectivity index is 1.14. The third kappa shape index (κ3) is 4.15. The van der Waals surface area contributed by atoms with Crippen LogP contribution in [0.3, 0.4) is 0 Å². The van der Waals surface area contributed by atoms with Crippen molar-refractivity contribution in [3.05, 3.63) is 36.7 Å². The smallest absolute Gasteiger partial charge is 0.260 e. The van der Waals surface area contributed by atoms with Gasteiger partial charge in [-0.25, -0.2) is 9.97 Å². The molecule has 4 aliphatic rings. The molecule has 0 spiro atoms. The second-order valence-corrected chi connectivity index (χ2v) is 11.6. The van der Waals surface area contributed by atoms with E-state index in [0.29, 0.717) is 35.1 Å². The monoisotopic (exact) mass is 500 g/mol. The summed E-state index contributed by atoms with van der Waals surface area (Å²) in [5.41, 5.74) is 2.53. The zero-order valence-electron chi connectivity index (χ0n) is 21.3. The maximum Gasteiger partial charge on any atom is 0.260 e. The molecule has 2 bridgehead atoms. The molecule has 1 saturated carbocycles. The highest BCUT2D eigenvalue weighted by Crippen LogP contribution is 2.45. The molecule has 2 saturated heterocycles. The van der Waals surface area contributed by atoms with E-state index in [0.717, 1.165) is 29.8 Å². The Morgan fingerprint density at radius 3 is 2.46 bits per heavy atom. The molecular formula is C28H32N6O3. The Kier molecular flexibility index (Phi) is 5.08. The number of phenolic OH excluding ortho intramolecular Hbond substituents is 1. The van der Waals surface area contributed by atoms with E-state index in [2.05, 4.69) is 44.2 Å². The fraction of sp³-hybridized carbons (Fsp3) is 0.500. The minimum atomic E-state index is 0.0933. The Bertz CT molecular complexity index is 1330. The summed E-state index contributed by atoms with van der Waals surface area (Å²) in [6, 6.07) is 8.23. The van der Waals surface area contributed by atoms with E-state index in [9.17, 15) is 5.11 Å². The zero-order chi connectivity index (χ0) is 25.2. The number of hydrogen-bond donors (Lipinski definition) is 2. The Hall–Kier alpha value is -3.46. The molecule has 2 aromatic heterocycles. The first-order chi connectivity index (χ1) is 17.9. The van der Waals surface area contributed by atoms with Gasteiger partial charge >= 0.3 is 0 Å². The Morgan fingerprint density at radius 1 is 0.946 bits per heavy atom. The minimum absolute atomic E-state index is 0.0933. The molecule has 9 heteroatoms. The van der Waals surface area contributed by atoms with Crippen molar-refractivity contribution in [3.8, 4) is 39.9 Å². The molecule has 1 aromatic carbocycles. The predicted octanol–water partition coefficient (Wildman–Crippen LogP) is 4.46. The maximum atomic E-state index is 10.8. The second-order valence-electron chi connectivity index (χ2n) is 11.6. The first-order valence-corrected chi connectivity index (χ1v) is 13.2. The first-order valence-electron chi connectivity index (χ1n) is 13.2. The summed E-state index contributed by atoms with van der Waals surface area (Å²) < 4.78 is 10.7. The van der Waals surface area contributed by atoms with Gasteiger partial charge in [0.05, 0.1) is 11.8 Å². The number of benzene rings is 1. The molecule has 3 aromatic rings. The molecule has 0 amide bonds. The zero-order valence-corrected chi connectivity index (χ0v) is 21.3. The molecule has 37 heavy (non-hydrogen) atoms. The lowest BCUT2D eigenvalue weighted by molar-refractivity contribution is 0.0766. The number of nitrogens with one attached hydrogen (secondary N) is 1. The number of ether oxygens (including phenoxy) is 2. The summed E-state index contributed by atoms with van der Waals surface area (Å²) in [6.45, 7) is 4.92. The van der Waals surface area contributed by atoms with E-state index >= 15 is 0 Å². The number of piperidine rings is 2. The van der Waals surface area contributed by atoms with Crippen LogP contribution in [-0.2, 0) is 0 Å². The summed E-state index contributed by atoms with van der Waals surface area (Å²) in [7, 11) is 0. The third-order valence-corrected chi connectivity index (χ3v) is 8.38. The highest BCUT2D eigenvalue weighted by molar-refractivity contribution is 5.73. The van der Waals surface area contributed by atoms with E-state index in [1.54, 1.807) is 12.3 Å². The number of nitrogens with zero attached hydrogens (tertiary/aromatic N) is 5. The van der Waals surface area contributed by atoms with Crippen molar-refractivity contribution in [3.63, 3.8) is 0 Å². The summed E-state index contributed by atoms with van der Waals surface area (Å²) >= 11 is 0. The summed E-state index contributed by atoms with van der Waals surface area (Å²) in [5, 5.41) is 23.9. The summed E-state index contributed by atoms with van der Waals surface area (Å²) in [6.07, 6.45) is 11.9. The predicted molar refractivity (Wildman–Crippen MR) is 139 cm³/mol. The number of anilines is 1. The lowest BCUT2D eigenvalue weighted by Gasteiger charge is -2.55. The first kappa shape index (κ1) is 22.7.